The van der Waals surface area contributed by atoms with Crippen molar-refractivity contribution in [2.45, 2.75) is 72.0 Å². The molecule has 1 saturated heterocycles. The van der Waals surface area contributed by atoms with Crippen molar-refractivity contribution in [3.8, 4) is 5.75 Å². The monoisotopic (exact) mass is 543 g/mol. The highest BCUT2D eigenvalue weighted by molar-refractivity contribution is 6.00. The smallest absolute Gasteiger partial charge is 0.255 e. The average Bonchev–Trinajstić information content (AvgIpc) is 2.91. The van der Waals surface area contributed by atoms with Crippen molar-refractivity contribution in [1.29, 1.82) is 0 Å². The summed E-state index contributed by atoms with van der Waals surface area (Å²) in [5, 5.41) is 8.80. The molecular weight excluding hydrogens is 498 g/mol. The fraction of sp³-hybridized carbons (Fsp3) is 0.655. The maximum atomic E-state index is 13.6. The van der Waals surface area contributed by atoms with Crippen LogP contribution in [0.3, 0.4) is 0 Å². The van der Waals surface area contributed by atoms with E-state index in [0.717, 1.165) is 19.6 Å². The van der Waals surface area contributed by atoms with Gasteiger partial charge in [0.05, 0.1) is 11.6 Å². The molecule has 39 heavy (non-hydrogen) atoms. The number of nitrogens with one attached hydrogen (secondary N) is 3. The Balaban J connectivity index is 1.90. The Hall–Kier alpha value is -3.14. The Kier molecular flexibility index (Phi) is 11.2. The van der Waals surface area contributed by atoms with Crippen LogP contribution in [-0.4, -0.2) is 90.9 Å². The third kappa shape index (κ3) is 8.68. The van der Waals surface area contributed by atoms with Crippen LogP contribution in [0.25, 0.3) is 0 Å². The maximum absolute atomic E-state index is 13.6. The molecule has 2 aliphatic rings. The minimum absolute atomic E-state index is 0.000751. The minimum Gasteiger partial charge on any atom is -0.491 e. The van der Waals surface area contributed by atoms with E-state index in [2.05, 4.69) is 27.8 Å². The summed E-state index contributed by atoms with van der Waals surface area (Å²) >= 11 is 0. The molecular formula is C29H45N5O5. The van der Waals surface area contributed by atoms with Crippen LogP contribution < -0.4 is 20.7 Å². The standard InChI is InChI=1S/C29H45N5O5/c1-6-33-13-15-34(16-14-33)29(38)22-11-12-26(35)30-23(17-19(2)3)28(37)32-24(20(4)5)18-39-25-10-8-7-9-21(25)27(36)31-22/h7-10,19-20,22-24H,6,11-18H2,1-5H3,(H,30,35)(H,31,36)(H,32,37)/t22-,23+,24+/m0/s1. The van der Waals surface area contributed by atoms with Gasteiger partial charge >= 0.3 is 0 Å². The highest BCUT2D eigenvalue weighted by atomic mass is 16.5. The van der Waals surface area contributed by atoms with Gasteiger partial charge in [0, 0.05) is 32.6 Å². The molecule has 4 amide bonds. The number of rotatable bonds is 5. The first-order chi connectivity index (χ1) is 18.6. The topological polar surface area (TPSA) is 120 Å². The number of fused-ring (bicyclic) bond motifs is 1. The second-order valence-corrected chi connectivity index (χ2v) is 11.2. The Morgan fingerprint density at radius 1 is 1.00 bits per heavy atom. The molecule has 0 bridgehead atoms. The first kappa shape index (κ1) is 30.4. The summed E-state index contributed by atoms with van der Waals surface area (Å²) in [6, 6.07) is 4.96. The lowest BCUT2D eigenvalue weighted by Crippen LogP contribution is -2.55. The normalized spacial score (nSPS) is 24.1. The van der Waals surface area contributed by atoms with Gasteiger partial charge in [-0.05, 0) is 43.4 Å². The number of nitrogens with zero attached hydrogens (tertiary/aromatic N) is 2. The Labute approximate surface area is 232 Å². The van der Waals surface area contributed by atoms with Gasteiger partial charge in [-0.15, -0.1) is 0 Å². The van der Waals surface area contributed by atoms with E-state index in [1.54, 1.807) is 29.2 Å². The maximum Gasteiger partial charge on any atom is 0.255 e. The second-order valence-electron chi connectivity index (χ2n) is 11.2. The number of hydrogen-bond donors (Lipinski definition) is 3. The lowest BCUT2D eigenvalue weighted by atomic mass is 10.0. The van der Waals surface area contributed by atoms with Crippen LogP contribution in [0.4, 0.5) is 0 Å². The quantitative estimate of drug-likeness (QED) is 0.521. The van der Waals surface area contributed by atoms with Crippen LogP contribution in [0.1, 0.15) is 64.2 Å². The SMILES string of the molecule is CCN1CCN(C(=O)[C@@H]2CCC(=O)N[C@H](CC(C)C)C(=O)N[C@@H](C(C)C)COc3ccccc3C(=O)N2)CC1. The Morgan fingerprint density at radius 2 is 1.69 bits per heavy atom. The van der Waals surface area contributed by atoms with Crippen LogP contribution >= 0.6 is 0 Å². The number of carbonyl (C=O) groups excluding carboxylic acids is 4. The minimum atomic E-state index is -0.879. The average molecular weight is 544 g/mol. The molecule has 216 valence electrons. The fourth-order valence-corrected chi connectivity index (χ4v) is 4.89. The third-order valence-corrected chi connectivity index (χ3v) is 7.44. The van der Waals surface area contributed by atoms with Gasteiger partial charge in [-0.1, -0.05) is 46.8 Å². The van der Waals surface area contributed by atoms with Crippen LogP contribution in [0.2, 0.25) is 0 Å². The molecule has 0 spiro atoms. The summed E-state index contributed by atoms with van der Waals surface area (Å²) in [7, 11) is 0. The predicted octanol–water partition coefficient (Wildman–Crippen LogP) is 1.79. The van der Waals surface area contributed by atoms with Crippen LogP contribution in [0, 0.1) is 11.8 Å². The van der Waals surface area contributed by atoms with Gasteiger partial charge in [0.15, 0.2) is 0 Å². The largest absolute Gasteiger partial charge is 0.491 e. The van der Waals surface area contributed by atoms with Gasteiger partial charge in [-0.3, -0.25) is 19.2 Å². The summed E-state index contributed by atoms with van der Waals surface area (Å²) in [6.45, 7) is 13.8. The summed E-state index contributed by atoms with van der Waals surface area (Å²) < 4.78 is 6.07. The van der Waals surface area contributed by atoms with Crippen LogP contribution in [-0.2, 0) is 14.4 Å². The van der Waals surface area contributed by atoms with E-state index in [-0.39, 0.29) is 55.0 Å². The van der Waals surface area contributed by atoms with Gasteiger partial charge in [-0.2, -0.15) is 0 Å². The zero-order valence-electron chi connectivity index (χ0n) is 24.0. The summed E-state index contributed by atoms with van der Waals surface area (Å²) in [6.07, 6.45) is 0.601. The summed E-state index contributed by atoms with van der Waals surface area (Å²) in [5.41, 5.74) is 0.303. The molecule has 2 aliphatic heterocycles. The Bertz CT molecular complexity index is 1010. The van der Waals surface area contributed by atoms with E-state index >= 15 is 0 Å². The number of benzene rings is 1. The molecule has 10 nitrogen and oxygen atoms in total. The molecule has 3 rings (SSSR count). The van der Waals surface area contributed by atoms with Crippen molar-refractivity contribution in [2.75, 3.05) is 39.3 Å². The molecule has 0 aliphatic carbocycles. The molecule has 1 aromatic rings. The van der Waals surface area contributed by atoms with Crippen molar-refractivity contribution < 1.29 is 23.9 Å². The molecule has 0 saturated carbocycles. The van der Waals surface area contributed by atoms with Gasteiger partial charge in [0.2, 0.25) is 17.7 Å². The molecule has 3 N–H and O–H groups in total. The van der Waals surface area contributed by atoms with Gasteiger partial charge in [0.25, 0.3) is 5.91 Å². The van der Waals surface area contributed by atoms with E-state index in [4.69, 9.17) is 4.74 Å². The van der Waals surface area contributed by atoms with Crippen molar-refractivity contribution in [3.63, 3.8) is 0 Å². The number of likely N-dealkylation sites (N-methyl/N-ethyl adjacent to an activating group) is 1. The van der Waals surface area contributed by atoms with Gasteiger partial charge < -0.3 is 30.5 Å². The van der Waals surface area contributed by atoms with Gasteiger partial charge in [0.1, 0.15) is 24.4 Å². The number of carbonyl (C=O) groups is 4. The van der Waals surface area contributed by atoms with Crippen LogP contribution in [0.15, 0.2) is 24.3 Å². The zero-order valence-corrected chi connectivity index (χ0v) is 24.0. The number of ether oxygens (including phenoxy) is 1. The molecule has 1 aromatic carbocycles. The molecule has 0 radical (unpaired) electrons. The molecule has 0 unspecified atom stereocenters. The van der Waals surface area contributed by atoms with Gasteiger partial charge in [-0.25, -0.2) is 0 Å². The predicted molar refractivity (Wildman–Crippen MR) is 149 cm³/mol. The van der Waals surface area contributed by atoms with Crippen molar-refractivity contribution >= 4 is 23.6 Å². The van der Waals surface area contributed by atoms with Crippen molar-refractivity contribution in [2.24, 2.45) is 11.8 Å². The molecule has 0 aromatic heterocycles. The highest BCUT2D eigenvalue weighted by Crippen LogP contribution is 2.20. The van der Waals surface area contributed by atoms with E-state index in [0.29, 0.717) is 30.8 Å². The highest BCUT2D eigenvalue weighted by Gasteiger charge is 2.31. The molecule has 2 heterocycles. The second kappa shape index (κ2) is 14.3. The van der Waals surface area contributed by atoms with Crippen molar-refractivity contribution in [1.82, 2.24) is 25.8 Å². The summed E-state index contributed by atoms with van der Waals surface area (Å²) in [4.78, 5) is 57.3. The van der Waals surface area contributed by atoms with Crippen molar-refractivity contribution in [3.05, 3.63) is 29.8 Å². The first-order valence-corrected chi connectivity index (χ1v) is 14.2. The molecule has 3 atom stereocenters. The van der Waals surface area contributed by atoms with E-state index in [1.807, 2.05) is 27.7 Å². The number of piperazine rings is 1. The number of amides is 4. The third-order valence-electron chi connectivity index (χ3n) is 7.44. The Morgan fingerprint density at radius 3 is 2.33 bits per heavy atom. The fourth-order valence-electron chi connectivity index (χ4n) is 4.89. The number of hydrogen-bond acceptors (Lipinski definition) is 6. The van der Waals surface area contributed by atoms with E-state index in [1.165, 1.54) is 0 Å². The first-order valence-electron chi connectivity index (χ1n) is 14.2. The van der Waals surface area contributed by atoms with E-state index < -0.39 is 18.0 Å². The summed E-state index contributed by atoms with van der Waals surface area (Å²) in [5.74, 6) is -0.625. The van der Waals surface area contributed by atoms with E-state index in [9.17, 15) is 19.2 Å². The van der Waals surface area contributed by atoms with Crippen LogP contribution in [0.5, 0.6) is 5.75 Å². The lowest BCUT2D eigenvalue weighted by Gasteiger charge is -2.36. The molecule has 1 fully saturated rings. The lowest BCUT2D eigenvalue weighted by molar-refractivity contribution is -0.135. The number of para-hydroxylation sites is 1. The molecule has 10 heteroatoms. The zero-order chi connectivity index (χ0) is 28.5.